The van der Waals surface area contributed by atoms with Crippen LogP contribution in [-0.2, 0) is 10.2 Å². The SMILES string of the molecule is CC1=NN(c2ccc(C(C)(C)C)cc2)C(=O)/C1=C\NNC(=O)c1ccc(C(=O)O)cc1. The summed E-state index contributed by atoms with van der Waals surface area (Å²) in [5.74, 6) is -1.85. The van der Waals surface area contributed by atoms with Crippen molar-refractivity contribution in [3.05, 3.63) is 77.0 Å². The number of anilines is 1. The average molecular weight is 420 g/mol. The third-order valence-electron chi connectivity index (χ3n) is 4.84. The van der Waals surface area contributed by atoms with Crippen molar-refractivity contribution in [3.63, 3.8) is 0 Å². The monoisotopic (exact) mass is 420 g/mol. The van der Waals surface area contributed by atoms with Crippen molar-refractivity contribution in [2.24, 2.45) is 5.10 Å². The molecule has 31 heavy (non-hydrogen) atoms. The number of hydrazine groups is 1. The first-order chi connectivity index (χ1) is 14.6. The Labute approximate surface area is 180 Å². The fourth-order valence-electron chi connectivity index (χ4n) is 2.97. The number of hydrazone groups is 1. The van der Waals surface area contributed by atoms with Gasteiger partial charge in [-0.1, -0.05) is 32.9 Å². The van der Waals surface area contributed by atoms with Gasteiger partial charge >= 0.3 is 5.97 Å². The van der Waals surface area contributed by atoms with Gasteiger partial charge in [-0.2, -0.15) is 10.1 Å². The number of benzene rings is 2. The normalized spacial score (nSPS) is 15.1. The van der Waals surface area contributed by atoms with Crippen LogP contribution in [-0.4, -0.2) is 28.6 Å². The summed E-state index contributed by atoms with van der Waals surface area (Å²) in [6.07, 6.45) is 1.38. The van der Waals surface area contributed by atoms with Crippen molar-refractivity contribution >= 4 is 29.2 Å². The number of carbonyl (C=O) groups is 3. The molecule has 8 heteroatoms. The Hall–Kier alpha value is -3.94. The van der Waals surface area contributed by atoms with Gasteiger partial charge < -0.3 is 10.5 Å². The predicted molar refractivity (Wildman–Crippen MR) is 118 cm³/mol. The van der Waals surface area contributed by atoms with Crippen LogP contribution in [0.25, 0.3) is 0 Å². The molecular weight excluding hydrogens is 396 g/mol. The summed E-state index contributed by atoms with van der Waals surface area (Å²) in [5, 5.41) is 14.6. The minimum atomic E-state index is -1.07. The van der Waals surface area contributed by atoms with Gasteiger partial charge in [0.2, 0.25) is 0 Å². The molecule has 0 saturated carbocycles. The number of carboxylic acid groups (broad SMARTS) is 1. The number of nitrogens with zero attached hydrogens (tertiary/aromatic N) is 2. The highest BCUT2D eigenvalue weighted by molar-refractivity contribution is 6.29. The van der Waals surface area contributed by atoms with Crippen LogP contribution < -0.4 is 15.9 Å². The van der Waals surface area contributed by atoms with Gasteiger partial charge in [-0.3, -0.25) is 15.0 Å². The summed E-state index contributed by atoms with van der Waals surface area (Å²) < 4.78 is 0. The summed E-state index contributed by atoms with van der Waals surface area (Å²) in [5.41, 5.74) is 8.09. The molecule has 0 radical (unpaired) electrons. The molecule has 0 bridgehead atoms. The molecule has 3 rings (SSSR count). The van der Waals surface area contributed by atoms with Crippen LogP contribution in [0.3, 0.4) is 0 Å². The van der Waals surface area contributed by atoms with Crippen molar-refractivity contribution in [3.8, 4) is 0 Å². The Balaban J connectivity index is 1.66. The maximum Gasteiger partial charge on any atom is 0.335 e. The number of carbonyl (C=O) groups excluding carboxylic acids is 2. The van der Waals surface area contributed by atoms with Gasteiger partial charge in [-0.25, -0.2) is 4.79 Å². The zero-order valence-corrected chi connectivity index (χ0v) is 17.8. The quantitative estimate of drug-likeness (QED) is 0.508. The van der Waals surface area contributed by atoms with Crippen LogP contribution in [0.2, 0.25) is 0 Å². The number of rotatable bonds is 5. The molecule has 0 aromatic heterocycles. The van der Waals surface area contributed by atoms with E-state index in [0.717, 1.165) is 5.56 Å². The topological polar surface area (TPSA) is 111 Å². The van der Waals surface area contributed by atoms with Crippen LogP contribution in [0.5, 0.6) is 0 Å². The lowest BCUT2D eigenvalue weighted by molar-refractivity contribution is -0.114. The Kier molecular flexibility index (Phi) is 5.92. The first kappa shape index (κ1) is 21.8. The third kappa shape index (κ3) is 4.80. The van der Waals surface area contributed by atoms with Crippen LogP contribution in [0.4, 0.5) is 5.69 Å². The Morgan fingerprint density at radius 1 is 1.00 bits per heavy atom. The molecule has 2 aromatic rings. The van der Waals surface area contributed by atoms with Crippen molar-refractivity contribution in [2.75, 3.05) is 5.01 Å². The van der Waals surface area contributed by atoms with Gasteiger partial charge in [0.1, 0.15) is 0 Å². The van der Waals surface area contributed by atoms with E-state index in [0.29, 0.717) is 17.0 Å². The summed E-state index contributed by atoms with van der Waals surface area (Å²) in [7, 11) is 0. The minimum Gasteiger partial charge on any atom is -0.478 e. The van der Waals surface area contributed by atoms with Gasteiger partial charge in [0.05, 0.1) is 22.5 Å². The van der Waals surface area contributed by atoms with Crippen LogP contribution in [0.1, 0.15) is 54.0 Å². The number of aromatic carboxylic acids is 1. The van der Waals surface area contributed by atoms with Gasteiger partial charge in [-0.15, -0.1) is 0 Å². The smallest absolute Gasteiger partial charge is 0.335 e. The molecule has 0 saturated heterocycles. The highest BCUT2D eigenvalue weighted by Crippen LogP contribution is 2.27. The molecule has 1 heterocycles. The van der Waals surface area contributed by atoms with E-state index in [1.165, 1.54) is 35.5 Å². The van der Waals surface area contributed by atoms with Crippen LogP contribution in [0.15, 0.2) is 65.4 Å². The van der Waals surface area contributed by atoms with E-state index in [-0.39, 0.29) is 22.4 Å². The second-order valence-electron chi connectivity index (χ2n) is 8.14. The van der Waals surface area contributed by atoms with E-state index in [1.54, 1.807) is 6.92 Å². The van der Waals surface area contributed by atoms with Gasteiger partial charge in [-0.05, 0) is 54.3 Å². The molecule has 160 valence electrons. The highest BCUT2D eigenvalue weighted by Gasteiger charge is 2.29. The fraction of sp³-hybridized carbons (Fsp3) is 0.217. The average Bonchev–Trinajstić information content (AvgIpc) is 3.01. The molecule has 1 aliphatic heterocycles. The molecule has 0 spiro atoms. The number of hydrogen-bond acceptors (Lipinski definition) is 5. The van der Waals surface area contributed by atoms with Crippen LogP contribution >= 0.6 is 0 Å². The molecule has 0 fully saturated rings. The molecule has 0 aliphatic carbocycles. The van der Waals surface area contributed by atoms with Crippen molar-refractivity contribution in [1.82, 2.24) is 10.9 Å². The molecule has 0 atom stereocenters. The lowest BCUT2D eigenvalue weighted by Crippen LogP contribution is -2.34. The van der Waals surface area contributed by atoms with Crippen molar-refractivity contribution in [1.29, 1.82) is 0 Å². The second-order valence-corrected chi connectivity index (χ2v) is 8.14. The Morgan fingerprint density at radius 2 is 1.58 bits per heavy atom. The molecule has 1 aliphatic rings. The highest BCUT2D eigenvalue weighted by atomic mass is 16.4. The van der Waals surface area contributed by atoms with Crippen LogP contribution in [0, 0.1) is 0 Å². The summed E-state index contributed by atoms with van der Waals surface area (Å²) >= 11 is 0. The third-order valence-corrected chi connectivity index (χ3v) is 4.84. The predicted octanol–water partition coefficient (Wildman–Crippen LogP) is 3.22. The molecule has 3 N–H and O–H groups in total. The molecular formula is C23H24N4O4. The number of amides is 2. The summed E-state index contributed by atoms with van der Waals surface area (Å²) in [6, 6.07) is 13.2. The molecule has 2 amide bonds. The van der Waals surface area contributed by atoms with Gasteiger partial charge in [0.15, 0.2) is 0 Å². The molecule has 2 aromatic carbocycles. The zero-order chi connectivity index (χ0) is 22.8. The number of hydrogen-bond donors (Lipinski definition) is 3. The largest absolute Gasteiger partial charge is 0.478 e. The minimum absolute atomic E-state index is 0.00781. The van der Waals surface area contributed by atoms with Crippen molar-refractivity contribution in [2.45, 2.75) is 33.1 Å². The lowest BCUT2D eigenvalue weighted by Gasteiger charge is -2.20. The summed E-state index contributed by atoms with van der Waals surface area (Å²) in [4.78, 5) is 35.8. The standard InChI is InChI=1S/C23H24N4O4/c1-14-19(13-24-25-20(28)15-5-7-16(8-6-15)22(30)31)21(29)27(26-14)18-11-9-17(10-12-18)23(2,3)4/h5-13,24H,1-4H3,(H,25,28)(H,30,31)/b19-13-. The Bertz CT molecular complexity index is 1080. The van der Waals surface area contributed by atoms with E-state index in [4.69, 9.17) is 5.11 Å². The Morgan fingerprint density at radius 3 is 2.13 bits per heavy atom. The fourth-order valence-corrected chi connectivity index (χ4v) is 2.97. The van der Waals surface area contributed by atoms with E-state index in [9.17, 15) is 14.4 Å². The number of nitrogens with one attached hydrogen (secondary N) is 2. The van der Waals surface area contributed by atoms with E-state index < -0.39 is 11.9 Å². The zero-order valence-electron chi connectivity index (χ0n) is 17.8. The maximum absolute atomic E-state index is 12.8. The van der Waals surface area contributed by atoms with E-state index in [1.807, 2.05) is 24.3 Å². The summed E-state index contributed by atoms with van der Waals surface area (Å²) in [6.45, 7) is 8.06. The van der Waals surface area contributed by atoms with Gasteiger partial charge in [0, 0.05) is 11.8 Å². The molecule has 0 unspecified atom stereocenters. The van der Waals surface area contributed by atoms with Gasteiger partial charge in [0.25, 0.3) is 11.8 Å². The first-order valence-corrected chi connectivity index (χ1v) is 9.68. The van der Waals surface area contributed by atoms with Crippen molar-refractivity contribution < 1.29 is 19.5 Å². The second kappa shape index (κ2) is 8.43. The first-order valence-electron chi connectivity index (χ1n) is 9.68. The van der Waals surface area contributed by atoms with E-state index >= 15 is 0 Å². The number of carboxylic acids is 1. The maximum atomic E-state index is 12.8. The molecule has 8 nitrogen and oxygen atoms in total. The van der Waals surface area contributed by atoms with E-state index in [2.05, 4.69) is 36.7 Å². The lowest BCUT2D eigenvalue weighted by atomic mass is 9.87.